The molecule has 0 aliphatic rings. The van der Waals surface area contributed by atoms with Gasteiger partial charge in [0.1, 0.15) is 9.39 Å². The Morgan fingerprint density at radius 3 is 2.75 bits per heavy atom. The standard InChI is InChI=1S/C13H12IN3O3/c1-20-13(19)10(8-5-3-2-4-6-8)17-11-9(14)12(18)16-7-15-11/h2-7,10H,1H3,(H2,15,16,17,18). The molecule has 20 heavy (non-hydrogen) atoms. The lowest BCUT2D eigenvalue weighted by atomic mass is 10.1. The number of rotatable bonds is 4. The average molecular weight is 385 g/mol. The summed E-state index contributed by atoms with van der Waals surface area (Å²) in [5.74, 6) is -0.109. The molecule has 1 aromatic heterocycles. The Bertz CT molecular complexity index is 657. The summed E-state index contributed by atoms with van der Waals surface area (Å²) in [6.07, 6.45) is 1.28. The molecule has 0 fully saturated rings. The molecule has 0 saturated heterocycles. The number of halogens is 1. The summed E-state index contributed by atoms with van der Waals surface area (Å²) in [7, 11) is 1.32. The highest BCUT2D eigenvalue weighted by atomic mass is 127. The summed E-state index contributed by atoms with van der Waals surface area (Å²) in [6.45, 7) is 0. The Morgan fingerprint density at radius 1 is 1.40 bits per heavy atom. The Labute approximate surface area is 128 Å². The van der Waals surface area contributed by atoms with Gasteiger partial charge >= 0.3 is 5.97 Å². The van der Waals surface area contributed by atoms with Gasteiger partial charge in [0.05, 0.1) is 13.4 Å². The molecule has 2 rings (SSSR count). The first-order valence-electron chi connectivity index (χ1n) is 5.76. The van der Waals surface area contributed by atoms with Gasteiger partial charge in [-0.3, -0.25) is 4.79 Å². The van der Waals surface area contributed by atoms with Crippen molar-refractivity contribution in [2.75, 3.05) is 12.4 Å². The number of aromatic amines is 1. The number of anilines is 1. The number of H-pyrrole nitrogens is 1. The van der Waals surface area contributed by atoms with Crippen molar-refractivity contribution >= 4 is 34.4 Å². The highest BCUT2D eigenvalue weighted by Gasteiger charge is 2.22. The molecule has 0 aliphatic carbocycles. The zero-order valence-electron chi connectivity index (χ0n) is 10.6. The molecule has 2 N–H and O–H groups in total. The minimum atomic E-state index is -0.719. The van der Waals surface area contributed by atoms with Crippen LogP contribution in [0.3, 0.4) is 0 Å². The van der Waals surface area contributed by atoms with E-state index in [0.717, 1.165) is 5.56 Å². The predicted octanol–water partition coefficient (Wildman–Crippen LogP) is 1.70. The van der Waals surface area contributed by atoms with Crippen LogP contribution < -0.4 is 10.9 Å². The molecule has 0 spiro atoms. The Balaban J connectivity index is 2.36. The second-order valence-corrected chi connectivity index (χ2v) is 4.98. The van der Waals surface area contributed by atoms with Crippen molar-refractivity contribution in [2.45, 2.75) is 6.04 Å². The summed E-state index contributed by atoms with van der Waals surface area (Å²) in [4.78, 5) is 30.0. The topological polar surface area (TPSA) is 84.1 Å². The number of aromatic nitrogens is 2. The monoisotopic (exact) mass is 385 g/mol. The van der Waals surface area contributed by atoms with Crippen LogP contribution in [0.5, 0.6) is 0 Å². The van der Waals surface area contributed by atoms with Crippen molar-refractivity contribution in [3.63, 3.8) is 0 Å². The third kappa shape index (κ3) is 3.16. The van der Waals surface area contributed by atoms with Gasteiger partial charge in [0.2, 0.25) is 0 Å². The van der Waals surface area contributed by atoms with Crippen LogP contribution in [0.25, 0.3) is 0 Å². The first-order chi connectivity index (χ1) is 9.63. The van der Waals surface area contributed by atoms with Gasteiger partial charge in [-0.1, -0.05) is 30.3 Å². The molecule has 0 saturated carbocycles. The number of hydrogen-bond acceptors (Lipinski definition) is 5. The maximum atomic E-state index is 11.9. The van der Waals surface area contributed by atoms with Gasteiger partial charge in [0.25, 0.3) is 5.56 Å². The SMILES string of the molecule is COC(=O)C(Nc1nc[nH]c(=O)c1I)c1ccccc1. The lowest BCUT2D eigenvalue weighted by Crippen LogP contribution is -2.25. The first-order valence-corrected chi connectivity index (χ1v) is 6.84. The van der Waals surface area contributed by atoms with E-state index in [1.807, 2.05) is 40.8 Å². The number of nitrogens with one attached hydrogen (secondary N) is 2. The maximum absolute atomic E-state index is 11.9. The molecule has 1 aromatic carbocycles. The summed E-state index contributed by atoms with van der Waals surface area (Å²) >= 11 is 1.87. The Hall–Kier alpha value is -1.90. The summed E-state index contributed by atoms with van der Waals surface area (Å²) in [5.41, 5.74) is 0.469. The molecule has 7 heteroatoms. The van der Waals surface area contributed by atoms with Gasteiger partial charge in [0.15, 0.2) is 6.04 Å². The van der Waals surface area contributed by atoms with Crippen molar-refractivity contribution in [3.05, 3.63) is 56.1 Å². The normalized spacial score (nSPS) is 11.7. The third-order valence-corrected chi connectivity index (χ3v) is 3.65. The lowest BCUT2D eigenvalue weighted by Gasteiger charge is -2.17. The number of carbonyl (C=O) groups is 1. The number of esters is 1. The van der Waals surface area contributed by atoms with Gasteiger partial charge < -0.3 is 15.0 Å². The molecule has 104 valence electrons. The second kappa shape index (κ2) is 6.51. The van der Waals surface area contributed by atoms with Crippen LogP contribution >= 0.6 is 22.6 Å². The fraction of sp³-hybridized carbons (Fsp3) is 0.154. The van der Waals surface area contributed by atoms with Gasteiger partial charge in [0, 0.05) is 0 Å². The largest absolute Gasteiger partial charge is 0.467 e. The quantitative estimate of drug-likeness (QED) is 0.619. The number of methoxy groups -OCH3 is 1. The zero-order valence-corrected chi connectivity index (χ0v) is 12.7. The van der Waals surface area contributed by atoms with Crippen LogP contribution in [-0.2, 0) is 9.53 Å². The van der Waals surface area contributed by atoms with Crippen LogP contribution in [0.4, 0.5) is 5.82 Å². The van der Waals surface area contributed by atoms with Crippen LogP contribution in [0.1, 0.15) is 11.6 Å². The highest BCUT2D eigenvalue weighted by Crippen LogP contribution is 2.21. The molecule has 1 heterocycles. The third-order valence-electron chi connectivity index (χ3n) is 2.65. The fourth-order valence-corrected chi connectivity index (χ4v) is 2.11. The van der Waals surface area contributed by atoms with Gasteiger partial charge in [-0.15, -0.1) is 0 Å². The smallest absolute Gasteiger partial charge is 0.333 e. The predicted molar refractivity (Wildman–Crippen MR) is 82.4 cm³/mol. The first kappa shape index (κ1) is 14.5. The second-order valence-electron chi connectivity index (χ2n) is 3.91. The van der Waals surface area contributed by atoms with E-state index in [1.54, 1.807) is 12.1 Å². The van der Waals surface area contributed by atoms with Gasteiger partial charge in [-0.25, -0.2) is 9.78 Å². The number of hydrogen-bond donors (Lipinski definition) is 2. The van der Waals surface area contributed by atoms with E-state index in [2.05, 4.69) is 15.3 Å². The van der Waals surface area contributed by atoms with Gasteiger partial charge in [-0.2, -0.15) is 0 Å². The van der Waals surface area contributed by atoms with E-state index >= 15 is 0 Å². The molecular weight excluding hydrogens is 373 g/mol. The molecule has 0 aliphatic heterocycles. The number of benzene rings is 1. The van der Waals surface area contributed by atoms with Crippen LogP contribution in [-0.4, -0.2) is 23.0 Å². The Kier molecular flexibility index (Phi) is 4.72. The van der Waals surface area contributed by atoms with E-state index < -0.39 is 12.0 Å². The minimum Gasteiger partial charge on any atom is -0.467 e. The zero-order chi connectivity index (χ0) is 14.5. The number of ether oxygens (including phenoxy) is 1. The van der Waals surface area contributed by atoms with E-state index in [4.69, 9.17) is 4.74 Å². The van der Waals surface area contributed by atoms with E-state index in [0.29, 0.717) is 9.39 Å². The van der Waals surface area contributed by atoms with Crippen molar-refractivity contribution in [1.82, 2.24) is 9.97 Å². The Morgan fingerprint density at radius 2 is 2.10 bits per heavy atom. The minimum absolute atomic E-state index is 0.264. The maximum Gasteiger partial charge on any atom is 0.333 e. The van der Waals surface area contributed by atoms with E-state index in [-0.39, 0.29) is 5.56 Å². The van der Waals surface area contributed by atoms with Crippen LogP contribution in [0.2, 0.25) is 0 Å². The highest BCUT2D eigenvalue weighted by molar-refractivity contribution is 14.1. The summed E-state index contributed by atoms with van der Waals surface area (Å²) in [6, 6.07) is 8.38. The summed E-state index contributed by atoms with van der Waals surface area (Å²) < 4.78 is 5.18. The van der Waals surface area contributed by atoms with Crippen molar-refractivity contribution in [2.24, 2.45) is 0 Å². The molecule has 0 amide bonds. The summed E-state index contributed by atoms with van der Waals surface area (Å²) in [5, 5.41) is 2.94. The molecule has 0 radical (unpaired) electrons. The number of carbonyl (C=O) groups excluding carboxylic acids is 1. The van der Waals surface area contributed by atoms with E-state index in [1.165, 1.54) is 13.4 Å². The van der Waals surface area contributed by atoms with E-state index in [9.17, 15) is 9.59 Å². The molecule has 1 unspecified atom stereocenters. The van der Waals surface area contributed by atoms with Crippen LogP contribution in [0, 0.1) is 3.57 Å². The van der Waals surface area contributed by atoms with Crippen molar-refractivity contribution in [3.8, 4) is 0 Å². The molecule has 2 aromatic rings. The lowest BCUT2D eigenvalue weighted by molar-refractivity contribution is -0.141. The van der Waals surface area contributed by atoms with Crippen LogP contribution in [0.15, 0.2) is 41.5 Å². The van der Waals surface area contributed by atoms with Gasteiger partial charge in [-0.05, 0) is 28.2 Å². The fourth-order valence-electron chi connectivity index (χ4n) is 1.66. The van der Waals surface area contributed by atoms with Crippen molar-refractivity contribution in [1.29, 1.82) is 0 Å². The molecule has 0 bridgehead atoms. The van der Waals surface area contributed by atoms with Crippen molar-refractivity contribution < 1.29 is 9.53 Å². The molecule has 1 atom stereocenters. The molecular formula is C13H12IN3O3. The molecule has 6 nitrogen and oxygen atoms in total. The number of nitrogens with zero attached hydrogens (tertiary/aromatic N) is 1. The average Bonchev–Trinajstić information content (AvgIpc) is 2.49.